The van der Waals surface area contributed by atoms with Crippen LogP contribution in [0.15, 0.2) is 95.4 Å². The number of hydrogen-bond acceptors (Lipinski definition) is 2. The van der Waals surface area contributed by atoms with Crippen molar-refractivity contribution in [3.05, 3.63) is 112 Å². The van der Waals surface area contributed by atoms with Gasteiger partial charge in [-0.25, -0.2) is 0 Å². The highest BCUT2D eigenvalue weighted by atomic mass is 16.5. The molecule has 0 amide bonds. The van der Waals surface area contributed by atoms with E-state index in [2.05, 4.69) is 58.7 Å². The van der Waals surface area contributed by atoms with E-state index < -0.39 is 0 Å². The van der Waals surface area contributed by atoms with E-state index >= 15 is 0 Å². The summed E-state index contributed by atoms with van der Waals surface area (Å²) < 4.78 is 5.87. The van der Waals surface area contributed by atoms with Gasteiger partial charge in [0.2, 0.25) is 0 Å². The van der Waals surface area contributed by atoms with Crippen LogP contribution in [-0.2, 0) is 9.53 Å². The summed E-state index contributed by atoms with van der Waals surface area (Å²) >= 11 is 0. The second kappa shape index (κ2) is 10.3. The number of methoxy groups -OCH3 is 1. The summed E-state index contributed by atoms with van der Waals surface area (Å²) in [5.41, 5.74) is 9.11. The van der Waals surface area contributed by atoms with Crippen LogP contribution in [0.1, 0.15) is 56.7 Å². The number of carbonyl (C=O) groups excluding carboxylic acids is 1. The summed E-state index contributed by atoms with van der Waals surface area (Å²) in [4.78, 5) is 13.1. The highest BCUT2D eigenvalue weighted by Crippen LogP contribution is 2.44. The standard InChI is InChI=1S/C29H34O2/c1-10-12-19(4)27(23(8)30)29(25-14-13-24(11-2)17-21(25)6)28-22(7)20(5)15-18(3)16-26(28)31-9/h10-11,13-17,29H,1-3,12H2,4-9H3/b27-19-. The van der Waals surface area contributed by atoms with E-state index in [1.165, 1.54) is 0 Å². The number of allylic oxidation sites excluding steroid dienone is 9. The summed E-state index contributed by atoms with van der Waals surface area (Å²) in [6.07, 6.45) is 8.34. The van der Waals surface area contributed by atoms with Crippen LogP contribution in [0, 0.1) is 6.92 Å². The minimum absolute atomic E-state index is 0.0528. The van der Waals surface area contributed by atoms with Crippen molar-refractivity contribution in [1.29, 1.82) is 0 Å². The van der Waals surface area contributed by atoms with Crippen LogP contribution in [0.2, 0.25) is 0 Å². The lowest BCUT2D eigenvalue weighted by atomic mass is 9.75. The molecule has 0 fully saturated rings. The van der Waals surface area contributed by atoms with Crippen LogP contribution in [0.25, 0.3) is 6.08 Å². The summed E-state index contributed by atoms with van der Waals surface area (Å²) in [5.74, 6) is 0.520. The molecule has 2 heteroatoms. The lowest BCUT2D eigenvalue weighted by Crippen LogP contribution is -2.18. The van der Waals surface area contributed by atoms with Gasteiger partial charge in [-0.1, -0.05) is 55.2 Å². The molecule has 1 atom stereocenters. The Balaban J connectivity index is 3.00. The van der Waals surface area contributed by atoms with E-state index in [0.717, 1.165) is 55.9 Å². The molecule has 1 aromatic carbocycles. The lowest BCUT2D eigenvalue weighted by Gasteiger charge is -2.29. The summed E-state index contributed by atoms with van der Waals surface area (Å²) in [6.45, 7) is 21.8. The van der Waals surface area contributed by atoms with Gasteiger partial charge in [-0.3, -0.25) is 4.79 Å². The van der Waals surface area contributed by atoms with Crippen molar-refractivity contribution in [2.75, 3.05) is 7.11 Å². The van der Waals surface area contributed by atoms with Gasteiger partial charge in [0.1, 0.15) is 5.76 Å². The summed E-state index contributed by atoms with van der Waals surface area (Å²) in [5, 5.41) is 0. The molecule has 1 aliphatic rings. The van der Waals surface area contributed by atoms with Gasteiger partial charge in [-0.05, 0) is 80.5 Å². The third-order valence-corrected chi connectivity index (χ3v) is 5.91. The van der Waals surface area contributed by atoms with Crippen LogP contribution in [0.3, 0.4) is 0 Å². The summed E-state index contributed by atoms with van der Waals surface area (Å²) in [6, 6.07) is 6.27. The molecule has 31 heavy (non-hydrogen) atoms. The molecule has 0 spiro atoms. The smallest absolute Gasteiger partial charge is 0.156 e. The molecular formula is C29H34O2. The van der Waals surface area contributed by atoms with Gasteiger partial charge < -0.3 is 4.74 Å². The Bertz CT molecular complexity index is 1050. The van der Waals surface area contributed by atoms with E-state index in [1.54, 1.807) is 14.0 Å². The fourth-order valence-electron chi connectivity index (χ4n) is 4.28. The first-order valence-electron chi connectivity index (χ1n) is 10.5. The normalized spacial score (nSPS) is 16.0. The number of benzene rings is 1. The van der Waals surface area contributed by atoms with E-state index in [1.807, 2.05) is 31.2 Å². The van der Waals surface area contributed by atoms with Crippen molar-refractivity contribution in [3.8, 4) is 0 Å². The molecule has 0 saturated carbocycles. The van der Waals surface area contributed by atoms with Gasteiger partial charge in [-0.2, -0.15) is 0 Å². The third-order valence-electron chi connectivity index (χ3n) is 5.91. The summed E-state index contributed by atoms with van der Waals surface area (Å²) in [7, 11) is 1.67. The van der Waals surface area contributed by atoms with Gasteiger partial charge in [0, 0.05) is 17.1 Å². The molecule has 0 heterocycles. The first-order chi connectivity index (χ1) is 14.7. The van der Waals surface area contributed by atoms with Gasteiger partial charge in [0.25, 0.3) is 0 Å². The zero-order valence-corrected chi connectivity index (χ0v) is 19.8. The van der Waals surface area contributed by atoms with Crippen molar-refractivity contribution in [2.45, 2.75) is 47.0 Å². The van der Waals surface area contributed by atoms with E-state index in [9.17, 15) is 4.79 Å². The molecule has 1 aromatic rings. The van der Waals surface area contributed by atoms with Gasteiger partial charge in [0.05, 0.1) is 7.11 Å². The number of rotatable bonds is 8. The lowest BCUT2D eigenvalue weighted by molar-refractivity contribution is -0.113. The van der Waals surface area contributed by atoms with Gasteiger partial charge in [-0.15, -0.1) is 6.58 Å². The van der Waals surface area contributed by atoms with Crippen LogP contribution in [-0.4, -0.2) is 12.9 Å². The molecule has 0 bridgehead atoms. The largest absolute Gasteiger partial charge is 0.496 e. The van der Waals surface area contributed by atoms with E-state index in [0.29, 0.717) is 6.42 Å². The molecule has 0 radical (unpaired) electrons. The average Bonchev–Trinajstić information content (AvgIpc) is 2.81. The SMILES string of the molecule is C=CC/C(C)=C(/C(C)=O)C(C1=C(C)C(C)=CC(=C)C=C1OC)c1ccc(C=C)cc1C. The van der Waals surface area contributed by atoms with E-state index in [-0.39, 0.29) is 11.7 Å². The molecular weight excluding hydrogens is 380 g/mol. The highest BCUT2D eigenvalue weighted by Gasteiger charge is 2.32. The Morgan fingerprint density at radius 1 is 1.13 bits per heavy atom. The molecule has 1 unspecified atom stereocenters. The van der Waals surface area contributed by atoms with Crippen LogP contribution in [0.5, 0.6) is 0 Å². The fraction of sp³-hybridized carbons (Fsp3) is 0.276. The maximum atomic E-state index is 13.1. The number of carbonyl (C=O) groups is 1. The fourth-order valence-corrected chi connectivity index (χ4v) is 4.28. The predicted molar refractivity (Wildman–Crippen MR) is 133 cm³/mol. The topological polar surface area (TPSA) is 26.3 Å². The molecule has 0 aromatic heterocycles. The number of ether oxygens (including phenoxy) is 1. The Labute approximate surface area is 187 Å². The quantitative estimate of drug-likeness (QED) is 0.324. The zero-order valence-electron chi connectivity index (χ0n) is 19.8. The van der Waals surface area contributed by atoms with E-state index in [4.69, 9.17) is 4.74 Å². The van der Waals surface area contributed by atoms with Crippen molar-refractivity contribution < 1.29 is 9.53 Å². The van der Waals surface area contributed by atoms with Crippen LogP contribution < -0.4 is 0 Å². The first kappa shape index (κ1) is 24.1. The maximum Gasteiger partial charge on any atom is 0.156 e. The average molecular weight is 415 g/mol. The molecule has 0 aliphatic heterocycles. The number of hydrogen-bond donors (Lipinski definition) is 0. The highest BCUT2D eigenvalue weighted by molar-refractivity contribution is 5.97. The Kier molecular flexibility index (Phi) is 7.99. The minimum Gasteiger partial charge on any atom is -0.496 e. The third kappa shape index (κ3) is 5.14. The molecule has 162 valence electrons. The monoisotopic (exact) mass is 414 g/mol. The molecule has 1 aliphatic carbocycles. The molecule has 2 nitrogen and oxygen atoms in total. The minimum atomic E-state index is -0.267. The van der Waals surface area contributed by atoms with Crippen LogP contribution >= 0.6 is 0 Å². The Morgan fingerprint density at radius 2 is 1.81 bits per heavy atom. The number of Topliss-reactive ketones (excluding diaryl/α,β-unsaturated/α-hetero) is 1. The predicted octanol–water partition coefficient (Wildman–Crippen LogP) is 7.57. The van der Waals surface area contributed by atoms with Crippen molar-refractivity contribution >= 4 is 11.9 Å². The molecule has 0 N–H and O–H groups in total. The van der Waals surface area contributed by atoms with Crippen molar-refractivity contribution in [3.63, 3.8) is 0 Å². The maximum absolute atomic E-state index is 13.1. The first-order valence-corrected chi connectivity index (χ1v) is 10.5. The Hall–Kier alpha value is -3.13. The molecule has 0 saturated heterocycles. The van der Waals surface area contributed by atoms with Crippen molar-refractivity contribution in [2.24, 2.45) is 0 Å². The Morgan fingerprint density at radius 3 is 2.32 bits per heavy atom. The second-order valence-corrected chi connectivity index (χ2v) is 8.15. The van der Waals surface area contributed by atoms with Gasteiger partial charge in [0.15, 0.2) is 5.78 Å². The van der Waals surface area contributed by atoms with Gasteiger partial charge >= 0.3 is 0 Å². The zero-order chi connectivity index (χ0) is 23.3. The van der Waals surface area contributed by atoms with Crippen LogP contribution in [0.4, 0.5) is 0 Å². The number of aryl methyl sites for hydroxylation is 1. The number of ketones is 1. The van der Waals surface area contributed by atoms with Crippen molar-refractivity contribution in [1.82, 2.24) is 0 Å². The second-order valence-electron chi connectivity index (χ2n) is 8.15. The molecule has 2 rings (SSSR count).